The number of likely N-dealkylation sites (tertiary alicyclic amines) is 1. The largest absolute Gasteiger partial charge is 0.338 e. The van der Waals surface area contributed by atoms with E-state index in [0.29, 0.717) is 17.3 Å². The molecule has 2 heterocycles. The molecule has 82 valence electrons. The number of rotatable bonds is 2. The molecular formula is C9H14N4OS. The van der Waals surface area contributed by atoms with Crippen LogP contribution in [-0.2, 0) is 0 Å². The molecule has 5 nitrogen and oxygen atoms in total. The van der Waals surface area contributed by atoms with Crippen LogP contribution < -0.4 is 5.73 Å². The van der Waals surface area contributed by atoms with Crippen LogP contribution in [-0.4, -0.2) is 40.0 Å². The standard InChI is InChI=1S/C9H14N4OS/c1-6-8(15-12-11-6)9(14)13-3-2-7(4-10)5-13/h7H,2-5,10H2,1H3. The quantitative estimate of drug-likeness (QED) is 0.785. The van der Waals surface area contributed by atoms with Crippen molar-refractivity contribution in [2.24, 2.45) is 11.7 Å². The van der Waals surface area contributed by atoms with E-state index in [1.54, 1.807) is 0 Å². The van der Waals surface area contributed by atoms with Gasteiger partial charge in [0.2, 0.25) is 0 Å². The molecular weight excluding hydrogens is 212 g/mol. The molecule has 1 atom stereocenters. The molecule has 0 radical (unpaired) electrons. The van der Waals surface area contributed by atoms with Crippen molar-refractivity contribution >= 4 is 17.4 Å². The Bertz CT molecular complexity index is 365. The van der Waals surface area contributed by atoms with Gasteiger partial charge in [0.15, 0.2) is 0 Å². The third kappa shape index (κ3) is 2.00. The van der Waals surface area contributed by atoms with Gasteiger partial charge in [-0.25, -0.2) is 0 Å². The molecule has 1 aromatic heterocycles. The van der Waals surface area contributed by atoms with Gasteiger partial charge in [-0.3, -0.25) is 4.79 Å². The van der Waals surface area contributed by atoms with Gasteiger partial charge in [-0.2, -0.15) is 0 Å². The Labute approximate surface area is 92.4 Å². The number of nitrogens with zero attached hydrogens (tertiary/aromatic N) is 3. The lowest BCUT2D eigenvalue weighted by Gasteiger charge is -2.14. The zero-order chi connectivity index (χ0) is 10.8. The van der Waals surface area contributed by atoms with Crippen molar-refractivity contribution in [3.8, 4) is 0 Å². The van der Waals surface area contributed by atoms with E-state index in [1.807, 2.05) is 11.8 Å². The van der Waals surface area contributed by atoms with Gasteiger partial charge in [0.1, 0.15) is 4.88 Å². The van der Waals surface area contributed by atoms with E-state index in [-0.39, 0.29) is 5.91 Å². The smallest absolute Gasteiger partial charge is 0.267 e. The number of aromatic nitrogens is 2. The first kappa shape index (κ1) is 10.5. The minimum atomic E-state index is 0.0541. The Morgan fingerprint density at radius 1 is 1.73 bits per heavy atom. The van der Waals surface area contributed by atoms with Crippen LogP contribution in [0.25, 0.3) is 0 Å². The lowest BCUT2D eigenvalue weighted by Crippen LogP contribution is -2.29. The van der Waals surface area contributed by atoms with Crippen LogP contribution in [0.15, 0.2) is 0 Å². The maximum atomic E-state index is 12.0. The lowest BCUT2D eigenvalue weighted by atomic mass is 10.1. The summed E-state index contributed by atoms with van der Waals surface area (Å²) in [5.74, 6) is 0.508. The van der Waals surface area contributed by atoms with Crippen LogP contribution in [0.2, 0.25) is 0 Å². The number of carbonyl (C=O) groups is 1. The highest BCUT2D eigenvalue weighted by Crippen LogP contribution is 2.20. The fraction of sp³-hybridized carbons (Fsp3) is 0.667. The minimum absolute atomic E-state index is 0.0541. The van der Waals surface area contributed by atoms with E-state index < -0.39 is 0 Å². The molecule has 1 aliphatic rings. The van der Waals surface area contributed by atoms with Gasteiger partial charge in [-0.15, -0.1) is 5.10 Å². The maximum absolute atomic E-state index is 12.0. The predicted octanol–water partition coefficient (Wildman–Crippen LogP) is 0.267. The van der Waals surface area contributed by atoms with Crippen LogP contribution >= 0.6 is 11.5 Å². The van der Waals surface area contributed by atoms with Gasteiger partial charge in [0.05, 0.1) is 5.69 Å². The molecule has 1 aliphatic heterocycles. The summed E-state index contributed by atoms with van der Waals surface area (Å²) in [6.07, 6.45) is 1.01. The van der Waals surface area contributed by atoms with Crippen molar-refractivity contribution in [3.05, 3.63) is 10.6 Å². The van der Waals surface area contributed by atoms with Crippen LogP contribution in [0.4, 0.5) is 0 Å². The van der Waals surface area contributed by atoms with Crippen LogP contribution in [0.1, 0.15) is 21.8 Å². The number of hydrogen-bond donors (Lipinski definition) is 1. The fourth-order valence-corrected chi connectivity index (χ4v) is 2.41. The van der Waals surface area contributed by atoms with Crippen molar-refractivity contribution in [1.82, 2.24) is 14.5 Å². The summed E-state index contributed by atoms with van der Waals surface area (Å²) in [6, 6.07) is 0. The van der Waals surface area contributed by atoms with E-state index in [0.717, 1.165) is 25.2 Å². The Morgan fingerprint density at radius 2 is 2.53 bits per heavy atom. The first-order valence-corrected chi connectivity index (χ1v) is 5.78. The SMILES string of the molecule is Cc1nnsc1C(=O)N1CCC(CN)C1. The molecule has 1 fully saturated rings. The second-order valence-corrected chi connectivity index (χ2v) is 4.58. The summed E-state index contributed by atoms with van der Waals surface area (Å²) in [5, 5.41) is 3.84. The zero-order valence-electron chi connectivity index (χ0n) is 8.64. The molecule has 0 spiro atoms. The third-order valence-electron chi connectivity index (χ3n) is 2.75. The highest BCUT2D eigenvalue weighted by Gasteiger charge is 2.28. The first-order valence-electron chi connectivity index (χ1n) is 5.00. The molecule has 2 N–H and O–H groups in total. The molecule has 1 aromatic rings. The number of amides is 1. The van der Waals surface area contributed by atoms with Crippen molar-refractivity contribution in [1.29, 1.82) is 0 Å². The molecule has 1 amide bonds. The van der Waals surface area contributed by atoms with Gasteiger partial charge >= 0.3 is 0 Å². The Balaban J connectivity index is 2.07. The lowest BCUT2D eigenvalue weighted by molar-refractivity contribution is 0.0791. The average molecular weight is 226 g/mol. The molecule has 6 heteroatoms. The predicted molar refractivity (Wildman–Crippen MR) is 57.7 cm³/mol. The number of hydrogen-bond acceptors (Lipinski definition) is 5. The third-order valence-corrected chi connectivity index (χ3v) is 3.57. The molecule has 2 rings (SSSR count). The molecule has 1 unspecified atom stereocenters. The van der Waals surface area contributed by atoms with E-state index in [2.05, 4.69) is 9.59 Å². The summed E-state index contributed by atoms with van der Waals surface area (Å²) in [6.45, 7) is 4.04. The fourth-order valence-electron chi connectivity index (χ4n) is 1.78. The van der Waals surface area contributed by atoms with Crippen molar-refractivity contribution in [2.75, 3.05) is 19.6 Å². The molecule has 15 heavy (non-hydrogen) atoms. The zero-order valence-corrected chi connectivity index (χ0v) is 9.46. The molecule has 0 saturated carbocycles. The highest BCUT2D eigenvalue weighted by molar-refractivity contribution is 7.07. The highest BCUT2D eigenvalue weighted by atomic mass is 32.1. The number of aryl methyl sites for hydroxylation is 1. The summed E-state index contributed by atoms with van der Waals surface area (Å²) in [7, 11) is 0. The van der Waals surface area contributed by atoms with Crippen molar-refractivity contribution in [2.45, 2.75) is 13.3 Å². The Kier molecular flexibility index (Phi) is 2.97. The average Bonchev–Trinajstić information content (AvgIpc) is 2.84. The maximum Gasteiger partial charge on any atom is 0.267 e. The summed E-state index contributed by atoms with van der Waals surface area (Å²) in [5.41, 5.74) is 6.31. The van der Waals surface area contributed by atoms with E-state index >= 15 is 0 Å². The van der Waals surface area contributed by atoms with Crippen LogP contribution in [0, 0.1) is 12.8 Å². The molecule has 0 aromatic carbocycles. The van der Waals surface area contributed by atoms with Crippen molar-refractivity contribution in [3.63, 3.8) is 0 Å². The summed E-state index contributed by atoms with van der Waals surface area (Å²) in [4.78, 5) is 14.5. The molecule has 0 bridgehead atoms. The second kappa shape index (κ2) is 4.24. The molecule has 1 saturated heterocycles. The van der Waals surface area contributed by atoms with Crippen LogP contribution in [0.3, 0.4) is 0 Å². The second-order valence-electron chi connectivity index (χ2n) is 3.83. The van der Waals surface area contributed by atoms with E-state index in [1.165, 1.54) is 11.5 Å². The monoisotopic (exact) mass is 226 g/mol. The van der Waals surface area contributed by atoms with Gasteiger partial charge in [-0.05, 0) is 37.3 Å². The van der Waals surface area contributed by atoms with Crippen LogP contribution in [0.5, 0.6) is 0 Å². The normalized spacial score (nSPS) is 20.9. The van der Waals surface area contributed by atoms with Gasteiger partial charge in [0.25, 0.3) is 5.91 Å². The minimum Gasteiger partial charge on any atom is -0.338 e. The summed E-state index contributed by atoms with van der Waals surface area (Å²) < 4.78 is 3.77. The van der Waals surface area contributed by atoms with E-state index in [9.17, 15) is 4.79 Å². The number of carbonyl (C=O) groups excluding carboxylic acids is 1. The Hall–Kier alpha value is -1.01. The van der Waals surface area contributed by atoms with Gasteiger partial charge in [-0.1, -0.05) is 4.49 Å². The Morgan fingerprint density at radius 3 is 3.07 bits per heavy atom. The first-order chi connectivity index (χ1) is 7.22. The van der Waals surface area contributed by atoms with E-state index in [4.69, 9.17) is 5.73 Å². The summed E-state index contributed by atoms with van der Waals surface area (Å²) >= 11 is 1.17. The molecule has 0 aliphatic carbocycles. The topological polar surface area (TPSA) is 72.1 Å². The number of nitrogens with two attached hydrogens (primary N) is 1. The van der Waals surface area contributed by atoms with Gasteiger partial charge < -0.3 is 10.6 Å². The van der Waals surface area contributed by atoms with Crippen molar-refractivity contribution < 1.29 is 4.79 Å². The van der Waals surface area contributed by atoms with Gasteiger partial charge in [0, 0.05) is 13.1 Å².